The highest BCUT2D eigenvalue weighted by Gasteiger charge is 2.47. The number of fused-ring (bicyclic) bond motifs is 1. The minimum absolute atomic E-state index is 0. The molecule has 31 heavy (non-hydrogen) atoms. The third-order valence-electron chi connectivity index (χ3n) is 5.95. The van der Waals surface area contributed by atoms with Crippen molar-refractivity contribution in [3.05, 3.63) is 35.9 Å². The molecule has 1 aromatic carbocycles. The van der Waals surface area contributed by atoms with Crippen LogP contribution in [-0.2, 0) is 20.9 Å². The van der Waals surface area contributed by atoms with Gasteiger partial charge < -0.3 is 20.7 Å². The number of hydrogen-bond acceptors (Lipinski definition) is 6. The molecule has 2 amide bonds. The summed E-state index contributed by atoms with van der Waals surface area (Å²) in [5.74, 6) is -0.484. The highest BCUT2D eigenvalue weighted by molar-refractivity contribution is 5.91. The lowest BCUT2D eigenvalue weighted by atomic mass is 9.78. The van der Waals surface area contributed by atoms with E-state index in [1.165, 1.54) is 0 Å². The number of nitrogens with zero attached hydrogens (tertiary/aromatic N) is 2. The van der Waals surface area contributed by atoms with E-state index in [4.69, 9.17) is 10.5 Å². The van der Waals surface area contributed by atoms with Gasteiger partial charge in [0.2, 0.25) is 11.8 Å². The molecule has 2 heterocycles. The minimum Gasteiger partial charge on any atom is -0.374 e. The zero-order chi connectivity index (χ0) is 21.9. The van der Waals surface area contributed by atoms with E-state index in [2.05, 4.69) is 22.7 Å². The van der Waals surface area contributed by atoms with Gasteiger partial charge in [0, 0.05) is 38.1 Å². The van der Waals surface area contributed by atoms with Crippen LogP contribution in [0.2, 0.25) is 0 Å². The maximum Gasteiger partial charge on any atom is 0.247 e. The average Bonchev–Trinajstić information content (AvgIpc) is 2.99. The van der Waals surface area contributed by atoms with Gasteiger partial charge >= 0.3 is 0 Å². The van der Waals surface area contributed by atoms with Gasteiger partial charge in [-0.25, -0.2) is 5.01 Å². The largest absolute Gasteiger partial charge is 0.374 e. The molecule has 8 nitrogen and oxygen atoms in total. The molecule has 0 aromatic heterocycles. The van der Waals surface area contributed by atoms with Gasteiger partial charge in [0.1, 0.15) is 6.04 Å². The molecule has 1 aromatic rings. The standard InChI is InChI=1S/C22H35N5O3.ClH/c1-21(2,23)20(29)24-17(13-30-12-16-8-6-5-7-9-16)19(28)27-11-10-18-22(3,15-27)14-26(4)25-18;/h5-9,17-18,25H,10-15,23H2,1-4H3,(H,24,29);1H/t17-,18?,22?;/m1./s1. The lowest BCUT2D eigenvalue weighted by molar-refractivity contribution is -0.142. The molecule has 3 atom stereocenters. The molecule has 4 N–H and O–H groups in total. The fraction of sp³-hybridized carbons (Fsp3) is 0.636. The van der Waals surface area contributed by atoms with Gasteiger partial charge in [0.15, 0.2) is 0 Å². The van der Waals surface area contributed by atoms with Gasteiger partial charge in [-0.15, -0.1) is 12.4 Å². The second kappa shape index (κ2) is 10.3. The first kappa shape index (κ1) is 25.5. The van der Waals surface area contributed by atoms with E-state index >= 15 is 0 Å². The third kappa shape index (κ3) is 6.40. The predicted molar refractivity (Wildman–Crippen MR) is 122 cm³/mol. The first-order chi connectivity index (χ1) is 14.1. The maximum absolute atomic E-state index is 13.4. The van der Waals surface area contributed by atoms with Crippen LogP contribution in [0.25, 0.3) is 0 Å². The number of likely N-dealkylation sites (tertiary alicyclic amines) is 1. The number of rotatable bonds is 7. The van der Waals surface area contributed by atoms with Crippen molar-refractivity contribution < 1.29 is 14.3 Å². The normalized spacial score (nSPS) is 24.8. The van der Waals surface area contributed by atoms with Crippen molar-refractivity contribution in [1.29, 1.82) is 0 Å². The highest BCUT2D eigenvalue weighted by Crippen LogP contribution is 2.34. The van der Waals surface area contributed by atoms with Crippen molar-refractivity contribution in [2.45, 2.75) is 51.4 Å². The van der Waals surface area contributed by atoms with E-state index in [0.29, 0.717) is 25.7 Å². The van der Waals surface area contributed by atoms with Crippen LogP contribution in [0, 0.1) is 5.41 Å². The van der Waals surface area contributed by atoms with Gasteiger partial charge in [0.05, 0.1) is 18.8 Å². The number of nitrogens with one attached hydrogen (secondary N) is 2. The summed E-state index contributed by atoms with van der Waals surface area (Å²) in [4.78, 5) is 27.7. The Morgan fingerprint density at radius 2 is 2.00 bits per heavy atom. The molecule has 9 heteroatoms. The Balaban J connectivity index is 0.00000341. The zero-order valence-electron chi connectivity index (χ0n) is 18.9. The number of carbonyl (C=O) groups is 2. The van der Waals surface area contributed by atoms with Crippen LogP contribution in [0.4, 0.5) is 0 Å². The summed E-state index contributed by atoms with van der Waals surface area (Å²) in [6.07, 6.45) is 0.875. The van der Waals surface area contributed by atoms with Crippen molar-refractivity contribution in [3.8, 4) is 0 Å². The highest BCUT2D eigenvalue weighted by atomic mass is 35.5. The molecule has 2 fully saturated rings. The Labute approximate surface area is 191 Å². The number of amides is 2. The van der Waals surface area contributed by atoms with Crippen LogP contribution >= 0.6 is 12.4 Å². The van der Waals surface area contributed by atoms with Gasteiger partial charge in [-0.05, 0) is 25.8 Å². The van der Waals surface area contributed by atoms with Crippen molar-refractivity contribution >= 4 is 24.2 Å². The fourth-order valence-corrected chi connectivity index (χ4v) is 4.29. The van der Waals surface area contributed by atoms with Gasteiger partial charge in [-0.3, -0.25) is 15.0 Å². The van der Waals surface area contributed by atoms with Gasteiger partial charge in [-0.1, -0.05) is 37.3 Å². The number of piperidine rings is 1. The van der Waals surface area contributed by atoms with Gasteiger partial charge in [-0.2, -0.15) is 0 Å². The maximum atomic E-state index is 13.4. The average molecular weight is 454 g/mol. The molecular formula is C22H36ClN5O3. The van der Waals surface area contributed by atoms with Crippen LogP contribution in [-0.4, -0.2) is 72.6 Å². The SMILES string of the molecule is CN1CC2(C)CN(C(=O)[C@@H](COCc3ccccc3)NC(=O)C(C)(C)N)CCC2N1.Cl. The number of halogens is 1. The minimum atomic E-state index is -1.07. The second-order valence-corrected chi connectivity index (χ2v) is 9.49. The Hall–Kier alpha value is -1.71. The molecule has 0 saturated carbocycles. The Kier molecular flexibility index (Phi) is 8.47. The number of ether oxygens (including phenoxy) is 1. The van der Waals surface area contributed by atoms with Gasteiger partial charge in [0.25, 0.3) is 0 Å². The number of nitrogens with two attached hydrogens (primary N) is 1. The topological polar surface area (TPSA) is 99.9 Å². The summed E-state index contributed by atoms with van der Waals surface area (Å²) in [6, 6.07) is 9.35. The molecule has 0 radical (unpaired) electrons. The molecule has 2 aliphatic heterocycles. The number of benzene rings is 1. The molecular weight excluding hydrogens is 418 g/mol. The van der Waals surface area contributed by atoms with E-state index in [0.717, 1.165) is 18.5 Å². The second-order valence-electron chi connectivity index (χ2n) is 9.49. The smallest absolute Gasteiger partial charge is 0.247 e. The molecule has 2 aliphatic rings. The Bertz CT molecular complexity index is 757. The van der Waals surface area contributed by atoms with Crippen LogP contribution in [0.15, 0.2) is 30.3 Å². The molecule has 0 bridgehead atoms. The molecule has 0 spiro atoms. The quantitative estimate of drug-likeness (QED) is 0.567. The Morgan fingerprint density at radius 1 is 1.32 bits per heavy atom. The van der Waals surface area contributed by atoms with Crippen molar-refractivity contribution in [2.24, 2.45) is 11.1 Å². The number of hydrogen-bond donors (Lipinski definition) is 3. The number of carbonyl (C=O) groups excluding carboxylic acids is 2. The summed E-state index contributed by atoms with van der Waals surface area (Å²) in [5, 5.41) is 4.91. The van der Waals surface area contributed by atoms with E-state index in [9.17, 15) is 9.59 Å². The Morgan fingerprint density at radius 3 is 2.65 bits per heavy atom. The van der Waals surface area contributed by atoms with Crippen LogP contribution < -0.4 is 16.5 Å². The summed E-state index contributed by atoms with van der Waals surface area (Å²) in [6.45, 7) is 8.10. The van der Waals surface area contributed by atoms with Crippen molar-refractivity contribution in [1.82, 2.24) is 20.7 Å². The van der Waals surface area contributed by atoms with E-state index in [1.54, 1.807) is 13.8 Å². The first-order valence-electron chi connectivity index (χ1n) is 10.6. The molecule has 2 unspecified atom stereocenters. The van der Waals surface area contributed by atoms with E-state index < -0.39 is 11.6 Å². The summed E-state index contributed by atoms with van der Waals surface area (Å²) in [5.41, 5.74) is 9.34. The lowest BCUT2D eigenvalue weighted by Gasteiger charge is -2.42. The molecule has 174 valence electrons. The van der Waals surface area contributed by atoms with E-state index in [1.807, 2.05) is 42.3 Å². The van der Waals surface area contributed by atoms with Crippen molar-refractivity contribution in [3.63, 3.8) is 0 Å². The summed E-state index contributed by atoms with van der Waals surface area (Å²) in [7, 11) is 2.03. The molecule has 3 rings (SSSR count). The van der Waals surface area contributed by atoms with Crippen LogP contribution in [0.3, 0.4) is 0 Å². The van der Waals surface area contributed by atoms with Crippen LogP contribution in [0.1, 0.15) is 32.8 Å². The zero-order valence-corrected chi connectivity index (χ0v) is 19.7. The first-order valence-corrected chi connectivity index (χ1v) is 10.6. The monoisotopic (exact) mass is 453 g/mol. The molecule has 0 aliphatic carbocycles. The summed E-state index contributed by atoms with van der Waals surface area (Å²) < 4.78 is 5.81. The number of hydrazine groups is 1. The van der Waals surface area contributed by atoms with Crippen molar-refractivity contribution in [2.75, 3.05) is 33.3 Å². The third-order valence-corrected chi connectivity index (χ3v) is 5.95. The molecule has 2 saturated heterocycles. The summed E-state index contributed by atoms with van der Waals surface area (Å²) >= 11 is 0. The lowest BCUT2D eigenvalue weighted by Crippen LogP contribution is -2.61. The van der Waals surface area contributed by atoms with Crippen LogP contribution in [0.5, 0.6) is 0 Å². The predicted octanol–water partition coefficient (Wildman–Crippen LogP) is 0.904. The fourth-order valence-electron chi connectivity index (χ4n) is 4.29. The van der Waals surface area contributed by atoms with E-state index in [-0.39, 0.29) is 36.2 Å².